The first-order valence-corrected chi connectivity index (χ1v) is 8.56. The predicted molar refractivity (Wildman–Crippen MR) is 95.9 cm³/mol. The smallest absolute Gasteiger partial charge is 0.290 e. The van der Waals surface area contributed by atoms with E-state index in [2.05, 4.69) is 9.97 Å². The van der Waals surface area contributed by atoms with Crippen LogP contribution < -0.4 is 0 Å². The lowest BCUT2D eigenvalue weighted by atomic mass is 9.94. The molecule has 0 fully saturated rings. The first-order chi connectivity index (χ1) is 12.5. The lowest BCUT2D eigenvalue weighted by molar-refractivity contribution is -0.130. The van der Waals surface area contributed by atoms with Gasteiger partial charge in [0.05, 0.1) is 11.3 Å². The Morgan fingerprint density at radius 2 is 1.92 bits per heavy atom. The van der Waals surface area contributed by atoms with Gasteiger partial charge in [-0.15, -0.1) is 0 Å². The number of Topliss-reactive ketones (excluding diaryl/α,β-unsaturated/α-hetero) is 1. The quantitative estimate of drug-likeness (QED) is 0.865. The Hall–Kier alpha value is -3.02. The van der Waals surface area contributed by atoms with Crippen molar-refractivity contribution in [3.8, 4) is 0 Å². The zero-order chi connectivity index (χ0) is 18.7. The number of hydrogen-bond acceptors (Lipinski definition) is 5. The van der Waals surface area contributed by atoms with E-state index in [-0.39, 0.29) is 30.2 Å². The number of ketones is 1. The first-order valence-electron chi connectivity index (χ1n) is 8.56. The largest absolute Gasteiger partial charge is 0.503 e. The molecule has 1 atom stereocenters. The van der Waals surface area contributed by atoms with E-state index in [9.17, 15) is 14.7 Å². The molecule has 0 saturated carbocycles. The fourth-order valence-corrected chi connectivity index (χ4v) is 3.11. The van der Waals surface area contributed by atoms with E-state index < -0.39 is 17.7 Å². The number of hydrogen-bond donors (Lipinski definition) is 1. The van der Waals surface area contributed by atoms with Crippen molar-refractivity contribution in [2.24, 2.45) is 5.92 Å². The summed E-state index contributed by atoms with van der Waals surface area (Å²) in [6, 6.07) is 8.24. The summed E-state index contributed by atoms with van der Waals surface area (Å²) in [6.07, 6.45) is 5.16. The zero-order valence-corrected chi connectivity index (χ0v) is 14.8. The van der Waals surface area contributed by atoms with E-state index in [1.807, 2.05) is 13.8 Å². The number of carbonyl (C=O) groups is 2. The molecule has 26 heavy (non-hydrogen) atoms. The summed E-state index contributed by atoms with van der Waals surface area (Å²) in [5.41, 5.74) is 1.56. The van der Waals surface area contributed by atoms with Crippen LogP contribution in [0.15, 0.2) is 60.3 Å². The molecule has 2 aromatic heterocycles. The van der Waals surface area contributed by atoms with Gasteiger partial charge in [-0.25, -0.2) is 0 Å². The summed E-state index contributed by atoms with van der Waals surface area (Å²) in [5.74, 6) is -1.12. The minimum atomic E-state index is -0.692. The van der Waals surface area contributed by atoms with Crippen LogP contribution in [0.1, 0.15) is 37.6 Å². The van der Waals surface area contributed by atoms with Gasteiger partial charge in [0.2, 0.25) is 0 Å². The lowest BCUT2D eigenvalue weighted by Gasteiger charge is -2.26. The van der Waals surface area contributed by atoms with Crippen LogP contribution in [0, 0.1) is 5.92 Å². The normalized spacial score (nSPS) is 17.3. The molecule has 0 saturated heterocycles. The van der Waals surface area contributed by atoms with Crippen LogP contribution in [0.3, 0.4) is 0 Å². The number of aliphatic hydroxyl groups is 1. The summed E-state index contributed by atoms with van der Waals surface area (Å²) in [4.78, 5) is 35.3. The molecule has 6 heteroatoms. The molecule has 2 aromatic rings. The molecule has 134 valence electrons. The number of carbonyl (C=O) groups excluding carboxylic acids is 2. The zero-order valence-electron chi connectivity index (χ0n) is 14.8. The molecule has 3 rings (SSSR count). The average Bonchev–Trinajstić information content (AvgIpc) is 2.88. The second-order valence-electron chi connectivity index (χ2n) is 6.73. The maximum Gasteiger partial charge on any atom is 0.290 e. The third-order valence-corrected chi connectivity index (χ3v) is 4.27. The highest BCUT2D eigenvalue weighted by Crippen LogP contribution is 2.38. The van der Waals surface area contributed by atoms with Gasteiger partial charge in [0.15, 0.2) is 11.5 Å². The van der Waals surface area contributed by atoms with Crippen molar-refractivity contribution in [2.45, 2.75) is 32.9 Å². The van der Waals surface area contributed by atoms with Crippen molar-refractivity contribution >= 4 is 11.7 Å². The van der Waals surface area contributed by atoms with Gasteiger partial charge in [0.1, 0.15) is 6.04 Å². The Morgan fingerprint density at radius 1 is 1.19 bits per heavy atom. The van der Waals surface area contributed by atoms with E-state index >= 15 is 0 Å². The van der Waals surface area contributed by atoms with Crippen LogP contribution in [0.5, 0.6) is 0 Å². The van der Waals surface area contributed by atoms with Crippen molar-refractivity contribution in [3.05, 3.63) is 71.5 Å². The van der Waals surface area contributed by atoms with Crippen LogP contribution in [-0.2, 0) is 16.1 Å². The average molecular weight is 351 g/mol. The number of nitrogens with zero attached hydrogens (tertiary/aromatic N) is 3. The van der Waals surface area contributed by atoms with E-state index in [0.717, 1.165) is 5.56 Å². The molecular weight excluding hydrogens is 330 g/mol. The predicted octanol–water partition coefficient (Wildman–Crippen LogP) is 2.99. The Balaban J connectivity index is 2.02. The van der Waals surface area contributed by atoms with Gasteiger partial charge >= 0.3 is 0 Å². The van der Waals surface area contributed by atoms with Crippen LogP contribution in [-0.4, -0.2) is 31.7 Å². The molecule has 0 bridgehead atoms. The number of aromatic nitrogens is 2. The molecule has 1 N–H and O–H groups in total. The maximum atomic E-state index is 12.8. The summed E-state index contributed by atoms with van der Waals surface area (Å²) in [6.45, 7) is 4.11. The highest BCUT2D eigenvalue weighted by molar-refractivity contribution is 6.08. The number of pyridine rings is 2. The summed E-state index contributed by atoms with van der Waals surface area (Å²) in [5, 5.41) is 10.4. The van der Waals surface area contributed by atoms with Gasteiger partial charge in [-0.1, -0.05) is 19.9 Å². The van der Waals surface area contributed by atoms with Gasteiger partial charge in [-0.3, -0.25) is 19.6 Å². The van der Waals surface area contributed by atoms with Crippen molar-refractivity contribution in [2.75, 3.05) is 0 Å². The Kier molecular flexibility index (Phi) is 5.11. The molecule has 0 spiro atoms. The Labute approximate surface area is 152 Å². The molecular formula is C20H21N3O3. The Bertz CT molecular complexity index is 832. The monoisotopic (exact) mass is 351 g/mol. The van der Waals surface area contributed by atoms with E-state index in [1.165, 1.54) is 4.90 Å². The van der Waals surface area contributed by atoms with E-state index in [0.29, 0.717) is 5.69 Å². The maximum absolute atomic E-state index is 12.8. The molecule has 0 radical (unpaired) electrons. The summed E-state index contributed by atoms with van der Waals surface area (Å²) < 4.78 is 0. The molecule has 1 aliphatic heterocycles. The fraction of sp³-hybridized carbons (Fsp3) is 0.300. The molecule has 0 aromatic carbocycles. The van der Waals surface area contributed by atoms with E-state index in [4.69, 9.17) is 0 Å². The van der Waals surface area contributed by atoms with Crippen LogP contribution in [0.25, 0.3) is 0 Å². The van der Waals surface area contributed by atoms with Crippen LogP contribution >= 0.6 is 0 Å². The van der Waals surface area contributed by atoms with Crippen molar-refractivity contribution in [3.63, 3.8) is 0 Å². The minimum Gasteiger partial charge on any atom is -0.503 e. The van der Waals surface area contributed by atoms with Gasteiger partial charge in [0, 0.05) is 31.6 Å². The highest BCUT2D eigenvalue weighted by atomic mass is 16.3. The second kappa shape index (κ2) is 7.47. The van der Waals surface area contributed by atoms with Crippen molar-refractivity contribution < 1.29 is 14.7 Å². The molecule has 0 aliphatic carbocycles. The number of aliphatic hydroxyl groups excluding tert-OH is 1. The highest BCUT2D eigenvalue weighted by Gasteiger charge is 2.43. The first kappa shape index (κ1) is 17.8. The van der Waals surface area contributed by atoms with Gasteiger partial charge in [-0.05, 0) is 35.7 Å². The van der Waals surface area contributed by atoms with Crippen molar-refractivity contribution in [1.82, 2.24) is 14.9 Å². The molecule has 6 nitrogen and oxygen atoms in total. The number of amides is 1. The fourth-order valence-electron chi connectivity index (χ4n) is 3.11. The number of rotatable bonds is 6. The molecule has 1 unspecified atom stereocenters. The standard InChI is InChI=1S/C20H21N3O3/c1-13(2)11-16(24)17-18(15-5-3-4-8-22-15)23(20(26)19(17)25)12-14-6-9-21-10-7-14/h3-10,13,18,25H,11-12H2,1-2H3. The van der Waals surface area contributed by atoms with Gasteiger partial charge in [-0.2, -0.15) is 0 Å². The SMILES string of the molecule is CC(C)CC(=O)C1=C(O)C(=O)N(Cc2ccncc2)C1c1ccccn1. The van der Waals surface area contributed by atoms with E-state index in [1.54, 1.807) is 48.9 Å². The molecule has 1 aliphatic rings. The molecule has 1 amide bonds. The third kappa shape index (κ3) is 3.49. The second-order valence-corrected chi connectivity index (χ2v) is 6.73. The topological polar surface area (TPSA) is 83.4 Å². The minimum absolute atomic E-state index is 0.122. The summed E-state index contributed by atoms with van der Waals surface area (Å²) in [7, 11) is 0. The molecule has 3 heterocycles. The third-order valence-electron chi connectivity index (χ3n) is 4.27. The Morgan fingerprint density at radius 3 is 2.54 bits per heavy atom. The van der Waals surface area contributed by atoms with Gasteiger partial charge < -0.3 is 10.0 Å². The van der Waals surface area contributed by atoms with Gasteiger partial charge in [0.25, 0.3) is 5.91 Å². The van der Waals surface area contributed by atoms with Crippen molar-refractivity contribution in [1.29, 1.82) is 0 Å². The lowest BCUT2D eigenvalue weighted by Crippen LogP contribution is -2.31. The van der Waals surface area contributed by atoms with Crippen LogP contribution in [0.4, 0.5) is 0 Å². The summed E-state index contributed by atoms with van der Waals surface area (Å²) >= 11 is 0. The van der Waals surface area contributed by atoms with Crippen LogP contribution in [0.2, 0.25) is 0 Å².